The number of nitrogens with zero attached hydrogens (tertiary/aromatic N) is 2. The van der Waals surface area contributed by atoms with E-state index in [1.165, 1.54) is 10.3 Å². The average Bonchev–Trinajstić information content (AvgIpc) is 3.21. The van der Waals surface area contributed by atoms with Crippen LogP contribution < -0.4 is 14.2 Å². The van der Waals surface area contributed by atoms with Crippen LogP contribution in [0.4, 0.5) is 0 Å². The van der Waals surface area contributed by atoms with Crippen LogP contribution >= 0.6 is 11.3 Å². The molecule has 0 spiro atoms. The van der Waals surface area contributed by atoms with E-state index in [0.29, 0.717) is 35.3 Å². The number of aromatic nitrogens is 1. The molecule has 0 aliphatic carbocycles. The fourth-order valence-corrected chi connectivity index (χ4v) is 4.86. The summed E-state index contributed by atoms with van der Waals surface area (Å²) in [6.07, 6.45) is 1.60. The lowest BCUT2D eigenvalue weighted by molar-refractivity contribution is 0.0592. The Hall–Kier alpha value is -2.80. The summed E-state index contributed by atoms with van der Waals surface area (Å²) in [4.78, 5) is 19.6. The summed E-state index contributed by atoms with van der Waals surface area (Å²) in [7, 11) is 3.12. The molecule has 0 saturated carbocycles. The largest absolute Gasteiger partial charge is 0.493 e. The minimum Gasteiger partial charge on any atom is -0.493 e. The molecule has 1 saturated heterocycles. The highest BCUT2D eigenvalue weighted by Crippen LogP contribution is 2.35. The number of benzene rings is 2. The third kappa shape index (κ3) is 3.81. The average molecular weight is 427 g/mol. The monoisotopic (exact) mass is 426 g/mol. The van der Waals surface area contributed by atoms with Crippen LogP contribution in [-0.2, 0) is 0 Å². The number of piperidine rings is 1. The second-order valence-electron chi connectivity index (χ2n) is 7.51. The SMILES string of the molecule is COc1cccc(C(=O)N2CCC(Oc3nc4c(C)ccc(C)c4s3)CC2)c1OC. The number of fused-ring (bicyclic) bond motifs is 1. The zero-order chi connectivity index (χ0) is 21.3. The Morgan fingerprint density at radius 1 is 1.07 bits per heavy atom. The Bertz CT molecular complexity index is 1030. The standard InChI is InChI=1S/C23H26N2O4S/c1-14-8-9-15(2)21-19(14)24-23(30-21)29-16-10-12-25(13-11-16)22(26)17-6-5-7-18(27-3)20(17)28-4/h5-9,16H,10-13H2,1-4H3. The summed E-state index contributed by atoms with van der Waals surface area (Å²) in [6, 6.07) is 9.59. The van der Waals surface area contributed by atoms with Crippen molar-refractivity contribution in [3.63, 3.8) is 0 Å². The Labute approximate surface area is 180 Å². The van der Waals surface area contributed by atoms with E-state index in [9.17, 15) is 4.79 Å². The topological polar surface area (TPSA) is 60.9 Å². The first kappa shape index (κ1) is 20.5. The molecule has 0 radical (unpaired) electrons. The number of hydrogen-bond acceptors (Lipinski definition) is 6. The van der Waals surface area contributed by atoms with Crippen molar-refractivity contribution in [1.82, 2.24) is 9.88 Å². The van der Waals surface area contributed by atoms with Gasteiger partial charge in [0, 0.05) is 25.9 Å². The number of aryl methyl sites for hydroxylation is 2. The molecule has 1 fully saturated rings. The van der Waals surface area contributed by atoms with Crippen molar-refractivity contribution in [2.75, 3.05) is 27.3 Å². The number of amides is 1. The molecule has 0 bridgehead atoms. The molecular formula is C23H26N2O4S. The van der Waals surface area contributed by atoms with E-state index in [1.54, 1.807) is 37.7 Å². The van der Waals surface area contributed by atoms with Crippen LogP contribution in [0.25, 0.3) is 10.2 Å². The number of carbonyl (C=O) groups excluding carboxylic acids is 1. The summed E-state index contributed by atoms with van der Waals surface area (Å²) in [5.74, 6) is 0.988. The van der Waals surface area contributed by atoms with Gasteiger partial charge in [-0.2, -0.15) is 0 Å². The molecule has 0 N–H and O–H groups in total. The van der Waals surface area contributed by atoms with Crippen molar-refractivity contribution in [3.8, 4) is 16.7 Å². The Morgan fingerprint density at radius 2 is 1.80 bits per heavy atom. The van der Waals surface area contributed by atoms with E-state index in [4.69, 9.17) is 19.2 Å². The van der Waals surface area contributed by atoms with Crippen LogP contribution in [0.15, 0.2) is 30.3 Å². The van der Waals surface area contributed by atoms with Crippen molar-refractivity contribution in [3.05, 3.63) is 47.0 Å². The quantitative estimate of drug-likeness (QED) is 0.596. The molecule has 6 nitrogen and oxygen atoms in total. The maximum absolute atomic E-state index is 13.0. The van der Waals surface area contributed by atoms with Gasteiger partial charge in [0.1, 0.15) is 6.10 Å². The van der Waals surface area contributed by atoms with Gasteiger partial charge in [-0.25, -0.2) is 4.98 Å². The molecule has 0 atom stereocenters. The number of para-hydroxylation sites is 1. The summed E-state index contributed by atoms with van der Waals surface area (Å²) < 4.78 is 18.1. The minimum absolute atomic E-state index is 0.0459. The van der Waals surface area contributed by atoms with E-state index in [0.717, 1.165) is 23.9 Å². The van der Waals surface area contributed by atoms with E-state index in [-0.39, 0.29) is 12.0 Å². The number of rotatable bonds is 5. The molecule has 30 heavy (non-hydrogen) atoms. The van der Waals surface area contributed by atoms with Crippen molar-refractivity contribution < 1.29 is 19.0 Å². The zero-order valence-electron chi connectivity index (χ0n) is 17.7. The third-order valence-electron chi connectivity index (χ3n) is 5.55. The lowest BCUT2D eigenvalue weighted by Gasteiger charge is -2.32. The number of methoxy groups -OCH3 is 2. The second kappa shape index (κ2) is 8.52. The molecule has 4 rings (SSSR count). The molecule has 2 heterocycles. The van der Waals surface area contributed by atoms with E-state index in [2.05, 4.69) is 26.0 Å². The highest BCUT2D eigenvalue weighted by Gasteiger charge is 2.28. The van der Waals surface area contributed by atoms with Gasteiger partial charge in [-0.3, -0.25) is 4.79 Å². The van der Waals surface area contributed by atoms with Gasteiger partial charge in [-0.15, -0.1) is 0 Å². The van der Waals surface area contributed by atoms with Crippen LogP contribution in [0.5, 0.6) is 16.7 Å². The van der Waals surface area contributed by atoms with Crippen LogP contribution in [0, 0.1) is 13.8 Å². The first-order chi connectivity index (χ1) is 14.5. The van der Waals surface area contributed by atoms with Gasteiger partial charge >= 0.3 is 0 Å². The normalized spacial score (nSPS) is 14.7. The maximum Gasteiger partial charge on any atom is 0.274 e. The third-order valence-corrected chi connectivity index (χ3v) is 6.63. The summed E-state index contributed by atoms with van der Waals surface area (Å²) in [5, 5.41) is 0.710. The lowest BCUT2D eigenvalue weighted by atomic mass is 10.1. The summed E-state index contributed by atoms with van der Waals surface area (Å²) in [6.45, 7) is 5.43. The number of likely N-dealkylation sites (tertiary alicyclic amines) is 1. The first-order valence-corrected chi connectivity index (χ1v) is 10.9. The van der Waals surface area contributed by atoms with E-state index < -0.39 is 0 Å². The Kier molecular flexibility index (Phi) is 5.81. The highest BCUT2D eigenvalue weighted by molar-refractivity contribution is 7.20. The first-order valence-electron chi connectivity index (χ1n) is 10.1. The van der Waals surface area contributed by atoms with Gasteiger partial charge in [0.25, 0.3) is 11.1 Å². The van der Waals surface area contributed by atoms with Crippen LogP contribution in [-0.4, -0.2) is 49.2 Å². The summed E-state index contributed by atoms with van der Waals surface area (Å²) >= 11 is 1.60. The van der Waals surface area contributed by atoms with Gasteiger partial charge in [-0.1, -0.05) is 29.5 Å². The molecule has 1 amide bonds. The minimum atomic E-state index is -0.0459. The Balaban J connectivity index is 1.43. The number of thiazole rings is 1. The molecule has 1 aliphatic rings. The van der Waals surface area contributed by atoms with Gasteiger partial charge < -0.3 is 19.1 Å². The predicted molar refractivity (Wildman–Crippen MR) is 118 cm³/mol. The van der Waals surface area contributed by atoms with Gasteiger partial charge in [0.2, 0.25) is 0 Å². The molecule has 2 aromatic carbocycles. The van der Waals surface area contributed by atoms with Gasteiger partial charge in [-0.05, 0) is 37.1 Å². The fraction of sp³-hybridized carbons (Fsp3) is 0.391. The smallest absolute Gasteiger partial charge is 0.274 e. The lowest BCUT2D eigenvalue weighted by Crippen LogP contribution is -2.41. The number of ether oxygens (including phenoxy) is 3. The number of carbonyl (C=O) groups is 1. The van der Waals surface area contributed by atoms with Crippen LogP contribution in [0.3, 0.4) is 0 Å². The second-order valence-corrected chi connectivity index (χ2v) is 8.47. The van der Waals surface area contributed by atoms with Crippen LogP contribution in [0.1, 0.15) is 34.3 Å². The van der Waals surface area contributed by atoms with Gasteiger partial charge in [0.15, 0.2) is 11.5 Å². The van der Waals surface area contributed by atoms with Crippen molar-refractivity contribution in [2.24, 2.45) is 0 Å². The molecule has 1 aliphatic heterocycles. The molecular weight excluding hydrogens is 400 g/mol. The van der Waals surface area contributed by atoms with Crippen LogP contribution in [0.2, 0.25) is 0 Å². The zero-order valence-corrected chi connectivity index (χ0v) is 18.5. The molecule has 0 unspecified atom stereocenters. The fourth-order valence-electron chi connectivity index (χ4n) is 3.84. The maximum atomic E-state index is 13.0. The van der Waals surface area contributed by atoms with E-state index >= 15 is 0 Å². The van der Waals surface area contributed by atoms with Crippen molar-refractivity contribution >= 4 is 27.5 Å². The van der Waals surface area contributed by atoms with Gasteiger partial charge in [0.05, 0.1) is 30.0 Å². The molecule has 158 valence electrons. The number of hydrogen-bond donors (Lipinski definition) is 0. The van der Waals surface area contributed by atoms with Crippen molar-refractivity contribution in [2.45, 2.75) is 32.8 Å². The molecule has 7 heteroatoms. The highest BCUT2D eigenvalue weighted by atomic mass is 32.1. The predicted octanol–water partition coefficient (Wildman–Crippen LogP) is 4.61. The van der Waals surface area contributed by atoms with Crippen molar-refractivity contribution in [1.29, 1.82) is 0 Å². The summed E-state index contributed by atoms with van der Waals surface area (Å²) in [5.41, 5.74) is 3.92. The molecule has 1 aromatic heterocycles. The van der Waals surface area contributed by atoms with E-state index in [1.807, 2.05) is 11.0 Å². The molecule has 3 aromatic rings. The Morgan fingerprint density at radius 3 is 2.47 bits per heavy atom.